The smallest absolute Gasteiger partial charge is 0.417 e. The monoisotopic (exact) mass is 518 g/mol. The SMILES string of the molecule is CCc1cc(OCC(O)CF)c(Cl)cc1-c1noc(-c2cn3cc(C(F)(F)F)cc(Cl)c3n2)n1. The zero-order chi connectivity index (χ0) is 24.6. The number of pyridine rings is 1. The van der Waals surface area contributed by atoms with Crippen LogP contribution in [-0.4, -0.2) is 44.0 Å². The number of rotatable bonds is 7. The second-order valence-electron chi connectivity index (χ2n) is 7.27. The summed E-state index contributed by atoms with van der Waals surface area (Å²) in [7, 11) is 0. The number of halogens is 6. The first kappa shape index (κ1) is 24.2. The average Bonchev–Trinajstić information content (AvgIpc) is 3.44. The lowest BCUT2D eigenvalue weighted by molar-refractivity contribution is -0.137. The van der Waals surface area contributed by atoms with Gasteiger partial charge in [0.1, 0.15) is 30.8 Å². The highest BCUT2D eigenvalue weighted by atomic mass is 35.5. The van der Waals surface area contributed by atoms with Gasteiger partial charge >= 0.3 is 6.18 Å². The number of fused-ring (bicyclic) bond motifs is 1. The molecule has 0 fully saturated rings. The zero-order valence-corrected chi connectivity index (χ0v) is 18.9. The summed E-state index contributed by atoms with van der Waals surface area (Å²) in [4.78, 5) is 8.51. The second kappa shape index (κ2) is 9.40. The van der Waals surface area contributed by atoms with Gasteiger partial charge in [-0.15, -0.1) is 0 Å². The van der Waals surface area contributed by atoms with Crippen LogP contribution in [0.1, 0.15) is 18.1 Å². The van der Waals surface area contributed by atoms with Crippen molar-refractivity contribution in [3.63, 3.8) is 0 Å². The van der Waals surface area contributed by atoms with Crippen molar-refractivity contribution in [1.29, 1.82) is 0 Å². The molecular formula is C21H16Cl2F4N4O3. The molecule has 0 aliphatic carbocycles. The molecule has 3 aromatic heterocycles. The summed E-state index contributed by atoms with van der Waals surface area (Å²) < 4.78 is 63.5. The summed E-state index contributed by atoms with van der Waals surface area (Å²) in [6.07, 6.45) is -3.15. The van der Waals surface area contributed by atoms with E-state index in [2.05, 4.69) is 15.1 Å². The first-order valence-corrected chi connectivity index (χ1v) is 10.7. The van der Waals surface area contributed by atoms with Crippen LogP contribution in [-0.2, 0) is 12.6 Å². The number of imidazole rings is 1. The van der Waals surface area contributed by atoms with Crippen molar-refractivity contribution in [2.75, 3.05) is 13.3 Å². The van der Waals surface area contributed by atoms with Gasteiger partial charge in [0, 0.05) is 18.0 Å². The highest BCUT2D eigenvalue weighted by molar-refractivity contribution is 6.33. The molecule has 180 valence electrons. The minimum atomic E-state index is -4.57. The molecule has 0 spiro atoms. The fraction of sp³-hybridized carbons (Fsp3) is 0.286. The van der Waals surface area contributed by atoms with Crippen LogP contribution in [0.5, 0.6) is 5.75 Å². The average molecular weight is 519 g/mol. The van der Waals surface area contributed by atoms with E-state index in [-0.39, 0.29) is 45.5 Å². The summed E-state index contributed by atoms with van der Waals surface area (Å²) in [5.41, 5.74) is 0.558. The maximum atomic E-state index is 13.1. The number of benzene rings is 1. The van der Waals surface area contributed by atoms with E-state index < -0.39 is 24.5 Å². The summed E-state index contributed by atoms with van der Waals surface area (Å²) >= 11 is 12.3. The minimum absolute atomic E-state index is 0.0344. The van der Waals surface area contributed by atoms with Gasteiger partial charge in [0.2, 0.25) is 5.82 Å². The van der Waals surface area contributed by atoms with E-state index in [9.17, 15) is 22.7 Å². The lowest BCUT2D eigenvalue weighted by atomic mass is 10.0. The molecule has 0 amide bonds. The predicted octanol–water partition coefficient (Wildman–Crippen LogP) is 5.65. The highest BCUT2D eigenvalue weighted by Crippen LogP contribution is 2.35. The first-order valence-electron chi connectivity index (χ1n) is 9.89. The molecule has 1 unspecified atom stereocenters. The minimum Gasteiger partial charge on any atom is -0.489 e. The van der Waals surface area contributed by atoms with Gasteiger partial charge in [-0.1, -0.05) is 35.3 Å². The Balaban J connectivity index is 1.68. The number of aryl methyl sites for hydroxylation is 1. The van der Waals surface area contributed by atoms with E-state index in [4.69, 9.17) is 32.5 Å². The van der Waals surface area contributed by atoms with E-state index in [1.54, 1.807) is 12.1 Å². The largest absolute Gasteiger partial charge is 0.489 e. The summed E-state index contributed by atoms with van der Waals surface area (Å²) in [5.74, 6) is 0.394. The molecule has 0 radical (unpaired) electrons. The van der Waals surface area contributed by atoms with Gasteiger partial charge in [-0.2, -0.15) is 18.2 Å². The third kappa shape index (κ3) is 4.82. The molecule has 1 N–H and O–H groups in total. The Morgan fingerprint density at radius 1 is 1.15 bits per heavy atom. The molecule has 1 aromatic carbocycles. The third-order valence-electron chi connectivity index (χ3n) is 4.87. The second-order valence-corrected chi connectivity index (χ2v) is 8.08. The molecule has 34 heavy (non-hydrogen) atoms. The summed E-state index contributed by atoms with van der Waals surface area (Å²) in [6, 6.07) is 3.96. The molecule has 1 atom stereocenters. The molecule has 13 heteroatoms. The van der Waals surface area contributed by atoms with E-state index in [1.807, 2.05) is 6.92 Å². The molecular weight excluding hydrogens is 503 g/mol. The van der Waals surface area contributed by atoms with Gasteiger partial charge in [-0.3, -0.25) is 0 Å². The van der Waals surface area contributed by atoms with Gasteiger partial charge in [-0.05, 0) is 30.2 Å². The van der Waals surface area contributed by atoms with Crippen molar-refractivity contribution >= 4 is 28.8 Å². The van der Waals surface area contributed by atoms with Crippen LogP contribution in [0.15, 0.2) is 35.1 Å². The van der Waals surface area contributed by atoms with E-state index >= 15 is 0 Å². The molecule has 4 aromatic rings. The van der Waals surface area contributed by atoms with Gasteiger partial charge in [-0.25, -0.2) is 9.37 Å². The summed E-state index contributed by atoms with van der Waals surface area (Å²) in [6.45, 7) is 0.654. The quantitative estimate of drug-likeness (QED) is 0.318. The Hall–Kier alpha value is -2.89. The number of aromatic nitrogens is 4. The molecule has 0 aliphatic rings. The van der Waals surface area contributed by atoms with Crippen molar-refractivity contribution in [1.82, 2.24) is 19.5 Å². The topological polar surface area (TPSA) is 85.7 Å². The number of hydrogen-bond donors (Lipinski definition) is 1. The molecule has 0 aliphatic heterocycles. The maximum absolute atomic E-state index is 13.1. The Bertz CT molecular complexity index is 1340. The van der Waals surface area contributed by atoms with Crippen molar-refractivity contribution in [2.24, 2.45) is 0 Å². The number of nitrogens with zero attached hydrogens (tertiary/aromatic N) is 4. The highest BCUT2D eigenvalue weighted by Gasteiger charge is 2.32. The number of aliphatic hydroxyl groups is 1. The van der Waals surface area contributed by atoms with Crippen LogP contribution in [0.3, 0.4) is 0 Å². The van der Waals surface area contributed by atoms with Gasteiger partial charge < -0.3 is 18.8 Å². The van der Waals surface area contributed by atoms with Crippen LogP contribution in [0.2, 0.25) is 10.0 Å². The molecule has 4 rings (SSSR count). The number of ether oxygens (including phenoxy) is 1. The zero-order valence-electron chi connectivity index (χ0n) is 17.4. The molecule has 0 saturated heterocycles. The van der Waals surface area contributed by atoms with Crippen LogP contribution >= 0.6 is 23.2 Å². The Kier molecular flexibility index (Phi) is 6.70. The van der Waals surface area contributed by atoms with Gasteiger partial charge in [0.15, 0.2) is 5.65 Å². The van der Waals surface area contributed by atoms with Gasteiger partial charge in [0.25, 0.3) is 5.89 Å². The van der Waals surface area contributed by atoms with Gasteiger partial charge in [0.05, 0.1) is 15.6 Å². The number of aliphatic hydroxyl groups excluding tert-OH is 1. The van der Waals surface area contributed by atoms with Crippen molar-refractivity contribution in [3.05, 3.63) is 51.8 Å². The van der Waals surface area contributed by atoms with Crippen LogP contribution in [0.4, 0.5) is 17.6 Å². The maximum Gasteiger partial charge on any atom is 0.417 e. The van der Waals surface area contributed by atoms with Crippen LogP contribution in [0.25, 0.3) is 28.6 Å². The lowest BCUT2D eigenvalue weighted by Crippen LogP contribution is -2.19. The Morgan fingerprint density at radius 3 is 2.59 bits per heavy atom. The molecule has 0 saturated carbocycles. The predicted molar refractivity (Wildman–Crippen MR) is 116 cm³/mol. The molecule has 7 nitrogen and oxygen atoms in total. The van der Waals surface area contributed by atoms with E-state index in [0.717, 1.165) is 22.2 Å². The fourth-order valence-corrected chi connectivity index (χ4v) is 3.66. The number of alkyl halides is 4. The fourth-order valence-electron chi connectivity index (χ4n) is 3.19. The van der Waals surface area contributed by atoms with Crippen molar-refractivity contribution in [3.8, 4) is 28.7 Å². The van der Waals surface area contributed by atoms with Crippen molar-refractivity contribution in [2.45, 2.75) is 25.6 Å². The lowest BCUT2D eigenvalue weighted by Gasteiger charge is -2.13. The Labute approximate surface area is 199 Å². The van der Waals surface area contributed by atoms with E-state index in [0.29, 0.717) is 12.0 Å². The van der Waals surface area contributed by atoms with Crippen molar-refractivity contribution < 1.29 is 31.9 Å². The number of hydrogen-bond acceptors (Lipinski definition) is 6. The standard InChI is InChI=1S/C21H16Cl2F4N4O3/c1-2-10-3-17(33-9-12(32)6-24)14(22)5-13(10)18-29-20(34-30-18)16-8-31-7-11(21(25,26)27)4-15(23)19(31)28-16/h3-5,7-8,12,32H,2,6,9H2,1H3. The normalized spacial score (nSPS) is 12.9. The van der Waals surface area contributed by atoms with Crippen LogP contribution in [0, 0.1) is 0 Å². The molecule has 0 bridgehead atoms. The summed E-state index contributed by atoms with van der Waals surface area (Å²) in [5, 5.41) is 13.3. The third-order valence-corrected chi connectivity index (χ3v) is 5.44. The van der Waals surface area contributed by atoms with E-state index in [1.165, 1.54) is 6.20 Å². The first-order chi connectivity index (χ1) is 16.1. The Morgan fingerprint density at radius 2 is 1.91 bits per heavy atom. The van der Waals surface area contributed by atoms with Crippen LogP contribution < -0.4 is 4.74 Å². The molecule has 3 heterocycles.